The van der Waals surface area contributed by atoms with Crippen molar-refractivity contribution in [1.29, 1.82) is 0 Å². The Morgan fingerprint density at radius 1 is 1.33 bits per heavy atom. The molecule has 1 heterocycles. The van der Waals surface area contributed by atoms with Crippen LogP contribution in [0.1, 0.15) is 46.2 Å². The predicted molar refractivity (Wildman–Crippen MR) is 104 cm³/mol. The van der Waals surface area contributed by atoms with Crippen LogP contribution in [0.15, 0.2) is 5.38 Å². The number of likely N-dealkylation sites (N-methyl/N-ethyl adjacent to an activating group) is 1. The first-order valence-corrected chi connectivity index (χ1v) is 9.97. The molecule has 1 saturated carbocycles. The first-order chi connectivity index (χ1) is 12.6. The number of carboxylic acids is 1. The molecule has 0 aromatic carbocycles. The molecule has 0 saturated heterocycles. The van der Waals surface area contributed by atoms with Crippen LogP contribution in [-0.2, 0) is 20.8 Å². The number of anilines is 1. The summed E-state index contributed by atoms with van der Waals surface area (Å²) in [7, 11) is 0. The van der Waals surface area contributed by atoms with E-state index < -0.39 is 11.4 Å². The van der Waals surface area contributed by atoms with Gasteiger partial charge in [0.1, 0.15) is 0 Å². The Hall–Kier alpha value is -2.00. The van der Waals surface area contributed by atoms with E-state index in [1.54, 1.807) is 5.38 Å². The highest BCUT2D eigenvalue weighted by molar-refractivity contribution is 7.13. The standard InChI is InChI=1S/C18H28N4O4S/c1-5-22(9-15(24)25)13-6-11(7-13)19-14(23)8-12-10-27-17(20-12)21-16(26)18(2,3)4/h10-11,13H,5-9H2,1-4H3,(H,19,23)(H,24,25)(H,20,21,26). The lowest BCUT2D eigenvalue weighted by Gasteiger charge is -2.42. The number of aromatic nitrogens is 1. The highest BCUT2D eigenvalue weighted by atomic mass is 32.1. The molecule has 2 amide bonds. The summed E-state index contributed by atoms with van der Waals surface area (Å²) in [6, 6.07) is 0.277. The number of hydrogen-bond acceptors (Lipinski definition) is 6. The molecule has 27 heavy (non-hydrogen) atoms. The molecule has 9 heteroatoms. The lowest BCUT2D eigenvalue weighted by Crippen LogP contribution is -2.55. The van der Waals surface area contributed by atoms with Crippen LogP contribution >= 0.6 is 11.3 Å². The first-order valence-electron chi connectivity index (χ1n) is 9.09. The van der Waals surface area contributed by atoms with Gasteiger partial charge < -0.3 is 15.7 Å². The monoisotopic (exact) mass is 396 g/mol. The summed E-state index contributed by atoms with van der Waals surface area (Å²) in [6.07, 6.45) is 1.68. The van der Waals surface area contributed by atoms with Crippen molar-refractivity contribution in [2.75, 3.05) is 18.4 Å². The minimum Gasteiger partial charge on any atom is -0.480 e. The third kappa shape index (κ3) is 6.28. The van der Waals surface area contributed by atoms with Gasteiger partial charge in [0.15, 0.2) is 5.13 Å². The van der Waals surface area contributed by atoms with Gasteiger partial charge in [-0.05, 0) is 19.4 Å². The molecule has 1 aromatic heterocycles. The predicted octanol–water partition coefficient (Wildman–Crippen LogP) is 1.72. The summed E-state index contributed by atoms with van der Waals surface area (Å²) in [5, 5.41) is 16.9. The fourth-order valence-electron chi connectivity index (χ4n) is 2.85. The van der Waals surface area contributed by atoms with Crippen LogP contribution in [0.25, 0.3) is 0 Å². The van der Waals surface area contributed by atoms with E-state index in [1.165, 1.54) is 11.3 Å². The molecular weight excluding hydrogens is 368 g/mol. The zero-order valence-corrected chi connectivity index (χ0v) is 17.1. The number of carboxylic acid groups (broad SMARTS) is 1. The van der Waals surface area contributed by atoms with Gasteiger partial charge >= 0.3 is 5.97 Å². The second-order valence-electron chi connectivity index (χ2n) is 7.87. The maximum atomic E-state index is 12.2. The van der Waals surface area contributed by atoms with E-state index in [1.807, 2.05) is 32.6 Å². The normalized spacial score (nSPS) is 19.4. The van der Waals surface area contributed by atoms with Crippen LogP contribution in [0.2, 0.25) is 0 Å². The van der Waals surface area contributed by atoms with E-state index in [0.29, 0.717) is 17.4 Å². The molecule has 1 aliphatic carbocycles. The van der Waals surface area contributed by atoms with Crippen LogP contribution in [-0.4, -0.2) is 57.9 Å². The van der Waals surface area contributed by atoms with Crippen molar-refractivity contribution in [3.8, 4) is 0 Å². The van der Waals surface area contributed by atoms with E-state index in [4.69, 9.17) is 5.11 Å². The average Bonchev–Trinajstić information content (AvgIpc) is 2.94. The van der Waals surface area contributed by atoms with Gasteiger partial charge in [0, 0.05) is 22.9 Å². The maximum absolute atomic E-state index is 12.2. The van der Waals surface area contributed by atoms with Crippen LogP contribution < -0.4 is 10.6 Å². The number of amides is 2. The lowest BCUT2D eigenvalue weighted by molar-refractivity contribution is -0.139. The smallest absolute Gasteiger partial charge is 0.317 e. The molecule has 0 aliphatic heterocycles. The summed E-state index contributed by atoms with van der Waals surface area (Å²) in [5.74, 6) is -1.06. The van der Waals surface area contributed by atoms with E-state index in [0.717, 1.165) is 12.8 Å². The number of thiazole rings is 1. The highest BCUT2D eigenvalue weighted by Crippen LogP contribution is 2.26. The summed E-state index contributed by atoms with van der Waals surface area (Å²) >= 11 is 1.30. The fraction of sp³-hybridized carbons (Fsp3) is 0.667. The molecule has 0 atom stereocenters. The number of hydrogen-bond donors (Lipinski definition) is 3. The number of aliphatic carboxylic acids is 1. The summed E-state index contributed by atoms with van der Waals surface area (Å²) in [4.78, 5) is 41.2. The molecule has 0 bridgehead atoms. The van der Waals surface area contributed by atoms with Crippen LogP contribution in [0.5, 0.6) is 0 Å². The Kier molecular flexibility index (Phi) is 6.94. The second kappa shape index (κ2) is 8.79. The van der Waals surface area contributed by atoms with Gasteiger partial charge in [0.25, 0.3) is 0 Å². The molecule has 2 rings (SSSR count). The van der Waals surface area contributed by atoms with Crippen molar-refractivity contribution >= 4 is 34.3 Å². The minimum absolute atomic E-state index is 0.0315. The molecule has 0 spiro atoms. The summed E-state index contributed by atoms with van der Waals surface area (Å²) in [6.45, 7) is 8.13. The van der Waals surface area contributed by atoms with Crippen molar-refractivity contribution < 1.29 is 19.5 Å². The van der Waals surface area contributed by atoms with Gasteiger partial charge in [0.2, 0.25) is 11.8 Å². The van der Waals surface area contributed by atoms with Crippen LogP contribution in [0.3, 0.4) is 0 Å². The number of carbonyl (C=O) groups is 3. The number of carbonyl (C=O) groups excluding carboxylic acids is 2. The minimum atomic E-state index is -0.831. The highest BCUT2D eigenvalue weighted by Gasteiger charge is 2.34. The lowest BCUT2D eigenvalue weighted by atomic mass is 9.85. The number of rotatable bonds is 8. The van der Waals surface area contributed by atoms with Gasteiger partial charge in [-0.25, -0.2) is 4.98 Å². The SMILES string of the molecule is CCN(CC(=O)O)C1CC(NC(=O)Cc2csc(NC(=O)C(C)(C)C)n2)C1. The topological polar surface area (TPSA) is 112 Å². The van der Waals surface area contributed by atoms with E-state index >= 15 is 0 Å². The van der Waals surface area contributed by atoms with Crippen molar-refractivity contribution in [3.63, 3.8) is 0 Å². The molecule has 1 aromatic rings. The fourth-order valence-corrected chi connectivity index (χ4v) is 3.56. The van der Waals surface area contributed by atoms with Crippen LogP contribution in [0.4, 0.5) is 5.13 Å². The zero-order chi connectivity index (χ0) is 20.2. The van der Waals surface area contributed by atoms with Gasteiger partial charge in [-0.2, -0.15) is 0 Å². The number of nitrogens with zero attached hydrogens (tertiary/aromatic N) is 2. The molecule has 1 aliphatic rings. The van der Waals surface area contributed by atoms with Gasteiger partial charge in [-0.3, -0.25) is 19.3 Å². The molecule has 150 valence electrons. The molecule has 1 fully saturated rings. The molecule has 3 N–H and O–H groups in total. The molecule has 0 unspecified atom stereocenters. The maximum Gasteiger partial charge on any atom is 0.317 e. The Morgan fingerprint density at radius 2 is 2.00 bits per heavy atom. The van der Waals surface area contributed by atoms with Crippen LogP contribution in [0, 0.1) is 5.41 Å². The summed E-state index contributed by atoms with van der Waals surface area (Å²) in [5.41, 5.74) is 0.121. The van der Waals surface area contributed by atoms with E-state index in [9.17, 15) is 14.4 Å². The Bertz CT molecular complexity index is 692. The van der Waals surface area contributed by atoms with Gasteiger partial charge in [-0.15, -0.1) is 11.3 Å². The molecule has 8 nitrogen and oxygen atoms in total. The Balaban J connectivity index is 1.76. The van der Waals surface area contributed by atoms with Crippen molar-refractivity contribution in [3.05, 3.63) is 11.1 Å². The zero-order valence-electron chi connectivity index (χ0n) is 16.2. The third-order valence-electron chi connectivity index (χ3n) is 4.53. The summed E-state index contributed by atoms with van der Waals surface area (Å²) < 4.78 is 0. The Labute approximate surface area is 163 Å². The quantitative estimate of drug-likeness (QED) is 0.617. The van der Waals surface area contributed by atoms with E-state index in [2.05, 4.69) is 15.6 Å². The van der Waals surface area contributed by atoms with Crippen molar-refractivity contribution in [1.82, 2.24) is 15.2 Å². The Morgan fingerprint density at radius 3 is 2.56 bits per heavy atom. The second-order valence-corrected chi connectivity index (χ2v) is 8.73. The molecule has 0 radical (unpaired) electrons. The third-order valence-corrected chi connectivity index (χ3v) is 5.34. The molecular formula is C18H28N4O4S. The number of nitrogens with one attached hydrogen (secondary N) is 2. The van der Waals surface area contributed by atoms with Crippen molar-refractivity contribution in [2.45, 2.75) is 59.0 Å². The largest absolute Gasteiger partial charge is 0.480 e. The van der Waals surface area contributed by atoms with E-state index in [-0.39, 0.29) is 36.9 Å². The van der Waals surface area contributed by atoms with Gasteiger partial charge in [0.05, 0.1) is 18.7 Å². The van der Waals surface area contributed by atoms with Gasteiger partial charge in [-0.1, -0.05) is 27.7 Å². The average molecular weight is 397 g/mol. The van der Waals surface area contributed by atoms with Crippen molar-refractivity contribution in [2.24, 2.45) is 5.41 Å². The first kappa shape index (κ1) is 21.3.